The molecule has 6 heteroatoms. The number of hydrazone groups is 1. The summed E-state index contributed by atoms with van der Waals surface area (Å²) in [5.41, 5.74) is 5.38. The number of nitrogens with one attached hydrogen (secondary N) is 1. The number of rotatable bonds is 7. The third kappa shape index (κ3) is 4.98. The predicted octanol–water partition coefficient (Wildman–Crippen LogP) is 5.82. The number of thiocarbonyl (C=S) groups is 1. The van der Waals surface area contributed by atoms with Crippen LogP contribution < -0.4 is 10.3 Å². The first kappa shape index (κ1) is 22.0. The molecule has 1 heterocycles. The van der Waals surface area contributed by atoms with Crippen molar-refractivity contribution in [1.29, 1.82) is 0 Å². The molecule has 1 aliphatic rings. The minimum absolute atomic E-state index is 0.125. The van der Waals surface area contributed by atoms with Crippen LogP contribution in [0.2, 0.25) is 0 Å². The molecule has 4 nitrogen and oxygen atoms in total. The van der Waals surface area contributed by atoms with Crippen LogP contribution in [-0.2, 0) is 4.79 Å². The molecule has 160 valence electrons. The van der Waals surface area contributed by atoms with E-state index in [1.54, 1.807) is 7.05 Å². The highest BCUT2D eigenvalue weighted by Crippen LogP contribution is 2.36. The highest BCUT2D eigenvalue weighted by Gasteiger charge is 2.29. The molecule has 1 aliphatic heterocycles. The van der Waals surface area contributed by atoms with Gasteiger partial charge in [0.25, 0.3) is 5.91 Å². The van der Waals surface area contributed by atoms with Crippen molar-refractivity contribution >= 4 is 52.1 Å². The second kappa shape index (κ2) is 10.4. The maximum Gasteiger partial charge on any atom is 0.257 e. The van der Waals surface area contributed by atoms with E-state index in [-0.39, 0.29) is 11.9 Å². The van der Waals surface area contributed by atoms with Gasteiger partial charge in [-0.3, -0.25) is 9.80 Å². The van der Waals surface area contributed by atoms with Crippen molar-refractivity contribution in [3.05, 3.63) is 107 Å². The van der Waals surface area contributed by atoms with Gasteiger partial charge in [-0.15, -0.1) is 0 Å². The molecule has 32 heavy (non-hydrogen) atoms. The van der Waals surface area contributed by atoms with Crippen molar-refractivity contribution < 1.29 is 4.79 Å². The Morgan fingerprint density at radius 2 is 1.69 bits per heavy atom. The summed E-state index contributed by atoms with van der Waals surface area (Å²) in [5, 5.41) is 9.74. The Morgan fingerprint density at radius 3 is 2.31 bits per heavy atom. The smallest absolute Gasteiger partial charge is 0.257 e. The summed E-state index contributed by atoms with van der Waals surface area (Å²) in [4.78, 5) is 12.6. The van der Waals surface area contributed by atoms with E-state index in [1.807, 2.05) is 54.6 Å². The Morgan fingerprint density at radius 1 is 1.03 bits per heavy atom. The second-order valence-corrected chi connectivity index (χ2v) is 8.73. The molecule has 0 radical (unpaired) electrons. The van der Waals surface area contributed by atoms with Crippen LogP contribution in [0.4, 0.5) is 5.69 Å². The van der Waals surface area contributed by atoms with Crippen LogP contribution in [-0.4, -0.2) is 23.4 Å². The summed E-state index contributed by atoms with van der Waals surface area (Å²) >= 11 is 6.15. The molecule has 1 N–H and O–H groups in total. The summed E-state index contributed by atoms with van der Waals surface area (Å²) < 4.78 is 1.49. The Labute approximate surface area is 198 Å². The van der Waals surface area contributed by atoms with Gasteiger partial charge in [-0.1, -0.05) is 96.8 Å². The Kier molecular flexibility index (Phi) is 7.14. The van der Waals surface area contributed by atoms with E-state index >= 15 is 0 Å². The first-order chi connectivity index (χ1) is 15.7. The molecule has 1 amide bonds. The third-order valence-electron chi connectivity index (χ3n) is 5.28. The van der Waals surface area contributed by atoms with E-state index < -0.39 is 0 Å². The first-order valence-corrected chi connectivity index (χ1v) is 11.7. The quantitative estimate of drug-likeness (QED) is 0.359. The van der Waals surface area contributed by atoms with Crippen molar-refractivity contribution in [3.8, 4) is 0 Å². The lowest BCUT2D eigenvalue weighted by molar-refractivity contribution is -0.116. The summed E-state index contributed by atoms with van der Waals surface area (Å²) in [5.74, 6) is -0.152. The van der Waals surface area contributed by atoms with Crippen LogP contribution in [0.5, 0.6) is 0 Å². The molecule has 1 unspecified atom stereocenters. The molecule has 1 atom stereocenters. The maximum absolute atomic E-state index is 12.1. The van der Waals surface area contributed by atoms with Gasteiger partial charge in [0, 0.05) is 18.2 Å². The van der Waals surface area contributed by atoms with Crippen molar-refractivity contribution in [2.45, 2.75) is 12.5 Å². The number of anilines is 1. The fraction of sp³-hybridized carbons (Fsp3) is 0.115. The molecule has 3 aromatic carbocycles. The van der Waals surface area contributed by atoms with E-state index in [0.29, 0.717) is 4.91 Å². The predicted molar refractivity (Wildman–Crippen MR) is 139 cm³/mol. The fourth-order valence-corrected chi connectivity index (χ4v) is 4.52. The van der Waals surface area contributed by atoms with E-state index in [9.17, 15) is 4.79 Å². The molecule has 0 saturated heterocycles. The normalized spacial score (nSPS) is 15.9. The number of benzene rings is 3. The molecule has 4 rings (SSSR count). The summed E-state index contributed by atoms with van der Waals surface area (Å²) in [6.07, 6.45) is 2.68. The van der Waals surface area contributed by atoms with Crippen molar-refractivity contribution in [1.82, 2.24) is 5.32 Å². The summed E-state index contributed by atoms with van der Waals surface area (Å²) in [6, 6.07) is 29.0. The number of thioether (sulfide) groups is 1. The van der Waals surface area contributed by atoms with Crippen LogP contribution in [0.25, 0.3) is 6.08 Å². The van der Waals surface area contributed by atoms with E-state index in [2.05, 4.69) is 46.7 Å². The van der Waals surface area contributed by atoms with Gasteiger partial charge < -0.3 is 5.32 Å². The van der Waals surface area contributed by atoms with Gasteiger partial charge in [-0.2, -0.15) is 5.10 Å². The number of likely N-dealkylation sites (N-methyl/N-ethyl adjacent to an activating group) is 1. The molecule has 0 saturated carbocycles. The minimum Gasteiger partial charge on any atom is -0.355 e. The molecule has 0 aliphatic carbocycles. The van der Waals surface area contributed by atoms with Crippen molar-refractivity contribution in [3.63, 3.8) is 0 Å². The number of hydrogen-bond acceptors (Lipinski definition) is 5. The first-order valence-electron chi connectivity index (χ1n) is 10.3. The topological polar surface area (TPSA) is 44.7 Å². The van der Waals surface area contributed by atoms with Crippen LogP contribution in [0.15, 0.2) is 94.9 Å². The van der Waals surface area contributed by atoms with Gasteiger partial charge >= 0.3 is 0 Å². The monoisotopic (exact) mass is 457 g/mol. The Hall–Kier alpha value is -3.22. The summed E-state index contributed by atoms with van der Waals surface area (Å²) in [7, 11) is 1.61. The number of hydrogen-bond donors (Lipinski definition) is 1. The molecule has 0 spiro atoms. The fourth-order valence-electron chi connectivity index (χ4n) is 3.69. The van der Waals surface area contributed by atoms with Crippen molar-refractivity contribution in [2.24, 2.45) is 5.10 Å². The Bertz CT molecular complexity index is 1140. The zero-order valence-electron chi connectivity index (χ0n) is 17.6. The lowest BCUT2D eigenvalue weighted by Crippen LogP contribution is -2.18. The van der Waals surface area contributed by atoms with Crippen molar-refractivity contribution in [2.75, 3.05) is 12.1 Å². The zero-order chi connectivity index (χ0) is 22.3. The number of amides is 1. The SMILES string of the molecule is CNC(=O)/C(=C\c1ccc(N2N=C(c3ccccc3)CC2c2ccccc2)cc1)SC=S. The van der Waals surface area contributed by atoms with Gasteiger partial charge in [0.15, 0.2) is 0 Å². The van der Waals surface area contributed by atoms with E-state index in [0.717, 1.165) is 28.9 Å². The van der Waals surface area contributed by atoms with Crippen LogP contribution in [0.3, 0.4) is 0 Å². The second-order valence-electron chi connectivity index (χ2n) is 7.28. The van der Waals surface area contributed by atoms with Gasteiger partial charge in [-0.05, 0) is 34.9 Å². The highest BCUT2D eigenvalue weighted by molar-refractivity contribution is 8.24. The minimum atomic E-state index is -0.152. The van der Waals surface area contributed by atoms with Crippen LogP contribution in [0, 0.1) is 0 Å². The van der Waals surface area contributed by atoms with Gasteiger partial charge in [-0.25, -0.2) is 0 Å². The molecule has 3 aromatic rings. The van der Waals surface area contributed by atoms with Crippen LogP contribution >= 0.6 is 24.0 Å². The number of carbonyl (C=O) groups is 1. The lowest BCUT2D eigenvalue weighted by atomic mass is 9.98. The molecule has 0 aromatic heterocycles. The largest absolute Gasteiger partial charge is 0.355 e. The highest BCUT2D eigenvalue weighted by atomic mass is 32.2. The van der Waals surface area contributed by atoms with Crippen LogP contribution in [0.1, 0.15) is 29.2 Å². The van der Waals surface area contributed by atoms with E-state index in [1.165, 1.54) is 22.0 Å². The van der Waals surface area contributed by atoms with Gasteiger partial charge in [0.2, 0.25) is 0 Å². The lowest BCUT2D eigenvalue weighted by Gasteiger charge is -2.24. The maximum atomic E-state index is 12.1. The Balaban J connectivity index is 1.66. The number of nitrogens with zero attached hydrogens (tertiary/aromatic N) is 2. The van der Waals surface area contributed by atoms with E-state index in [4.69, 9.17) is 17.3 Å². The summed E-state index contributed by atoms with van der Waals surface area (Å²) in [6.45, 7) is 0. The third-order valence-corrected chi connectivity index (χ3v) is 6.23. The van der Waals surface area contributed by atoms with Gasteiger partial charge in [0.05, 0.1) is 22.3 Å². The average molecular weight is 458 g/mol. The molecule has 0 bridgehead atoms. The standard InChI is InChI=1S/C26H23N3OS2/c1-27-26(30)25(32-18-31)16-19-12-14-22(15-13-19)29-24(21-10-6-3-7-11-21)17-23(28-29)20-8-4-2-5-9-20/h2-16,18,24H,17H2,1H3,(H,27,30)/b25-16+. The zero-order valence-corrected chi connectivity index (χ0v) is 19.3. The molecule has 0 fully saturated rings. The average Bonchev–Trinajstić information content (AvgIpc) is 3.30. The van der Waals surface area contributed by atoms with Gasteiger partial charge in [0.1, 0.15) is 0 Å². The number of carbonyl (C=O) groups excluding carboxylic acids is 1. The molecular weight excluding hydrogens is 434 g/mol. The molecular formula is C26H23N3OS2.